The molecule has 0 aliphatic carbocycles. The van der Waals surface area contributed by atoms with Gasteiger partial charge in [0, 0.05) is 17.8 Å². The zero-order valence-corrected chi connectivity index (χ0v) is 9.09. The number of nitrogens with zero attached hydrogens (tertiary/aromatic N) is 2. The van der Waals surface area contributed by atoms with Crippen molar-refractivity contribution in [2.24, 2.45) is 0 Å². The Labute approximate surface area is 94.2 Å². The number of hydrogen-bond donors (Lipinski definition) is 0. The van der Waals surface area contributed by atoms with E-state index < -0.39 is 0 Å². The first-order valence-electron chi connectivity index (χ1n) is 5.34. The number of rotatable bonds is 1. The predicted octanol–water partition coefficient (Wildman–Crippen LogP) is 3.33. The fourth-order valence-electron chi connectivity index (χ4n) is 1.93. The van der Waals surface area contributed by atoms with Crippen molar-refractivity contribution in [2.45, 2.75) is 6.92 Å². The molecule has 0 spiro atoms. The van der Waals surface area contributed by atoms with E-state index >= 15 is 0 Å². The van der Waals surface area contributed by atoms with Crippen molar-refractivity contribution >= 4 is 10.9 Å². The third kappa shape index (κ3) is 1.39. The predicted molar refractivity (Wildman–Crippen MR) is 65.8 cm³/mol. The highest BCUT2D eigenvalue weighted by molar-refractivity contribution is 5.82. The van der Waals surface area contributed by atoms with E-state index in [4.69, 9.17) is 0 Å². The van der Waals surface area contributed by atoms with E-state index in [1.165, 1.54) is 16.5 Å². The molecule has 1 aromatic carbocycles. The summed E-state index contributed by atoms with van der Waals surface area (Å²) < 4.78 is 2.11. The van der Waals surface area contributed by atoms with Crippen molar-refractivity contribution in [1.29, 1.82) is 0 Å². The molecule has 0 unspecified atom stereocenters. The van der Waals surface area contributed by atoms with Crippen LogP contribution in [0, 0.1) is 6.92 Å². The van der Waals surface area contributed by atoms with Crippen molar-refractivity contribution in [1.82, 2.24) is 9.55 Å². The molecule has 0 aliphatic heterocycles. The summed E-state index contributed by atoms with van der Waals surface area (Å²) in [5.41, 5.74) is 2.47. The fourth-order valence-corrected chi connectivity index (χ4v) is 1.93. The van der Waals surface area contributed by atoms with Gasteiger partial charge in [0.15, 0.2) is 0 Å². The summed E-state index contributed by atoms with van der Waals surface area (Å²) in [4.78, 5) is 4.36. The second-order valence-electron chi connectivity index (χ2n) is 3.94. The second-order valence-corrected chi connectivity index (χ2v) is 3.94. The molecule has 2 aromatic heterocycles. The first-order chi connectivity index (χ1) is 7.84. The van der Waals surface area contributed by atoms with Crippen molar-refractivity contribution in [3.63, 3.8) is 0 Å². The number of benzene rings is 1. The summed E-state index contributed by atoms with van der Waals surface area (Å²) in [6, 6.07) is 14.5. The molecule has 3 aromatic rings. The summed E-state index contributed by atoms with van der Waals surface area (Å²) in [7, 11) is 0. The van der Waals surface area contributed by atoms with Crippen LogP contribution >= 0.6 is 0 Å². The molecule has 16 heavy (non-hydrogen) atoms. The average Bonchev–Trinajstić information content (AvgIpc) is 2.73. The lowest BCUT2D eigenvalue weighted by atomic mass is 10.2. The van der Waals surface area contributed by atoms with Crippen molar-refractivity contribution in [2.75, 3.05) is 0 Å². The molecule has 3 rings (SSSR count). The van der Waals surface area contributed by atoms with Gasteiger partial charge < -0.3 is 4.57 Å². The van der Waals surface area contributed by atoms with Gasteiger partial charge in [-0.3, -0.25) is 0 Å². The van der Waals surface area contributed by atoms with Crippen molar-refractivity contribution < 1.29 is 0 Å². The van der Waals surface area contributed by atoms with Gasteiger partial charge in [-0.05, 0) is 36.8 Å². The normalized spacial score (nSPS) is 10.8. The average molecular weight is 208 g/mol. The smallest absolute Gasteiger partial charge is 0.137 e. The number of aryl methyl sites for hydroxylation is 1. The number of pyridine rings is 1. The van der Waals surface area contributed by atoms with Gasteiger partial charge in [0.25, 0.3) is 0 Å². The van der Waals surface area contributed by atoms with E-state index in [0.717, 1.165) is 5.82 Å². The first kappa shape index (κ1) is 9.16. The Bertz CT molecular complexity index is 624. The third-order valence-corrected chi connectivity index (χ3v) is 2.74. The molecule has 78 valence electrons. The first-order valence-corrected chi connectivity index (χ1v) is 5.34. The second kappa shape index (κ2) is 3.49. The maximum atomic E-state index is 4.36. The van der Waals surface area contributed by atoms with Gasteiger partial charge in [0.2, 0.25) is 0 Å². The lowest BCUT2D eigenvalue weighted by molar-refractivity contribution is 1.04. The van der Waals surface area contributed by atoms with Gasteiger partial charge in [-0.15, -0.1) is 0 Å². The van der Waals surface area contributed by atoms with Gasteiger partial charge in [-0.25, -0.2) is 4.98 Å². The van der Waals surface area contributed by atoms with Gasteiger partial charge in [-0.2, -0.15) is 0 Å². The molecule has 0 atom stereocenters. The number of fused-ring (bicyclic) bond motifs is 1. The SMILES string of the molecule is Cc1ccc2ccn(-c3ccccn3)c2c1. The molecule has 2 heteroatoms. The standard InChI is InChI=1S/C14H12N2/c1-11-5-6-12-7-9-16(13(12)10-11)14-4-2-3-8-15-14/h2-10H,1H3. The zero-order chi connectivity index (χ0) is 11.0. The topological polar surface area (TPSA) is 17.8 Å². The van der Waals surface area contributed by atoms with E-state index in [1.54, 1.807) is 0 Å². The highest BCUT2D eigenvalue weighted by atomic mass is 15.0. The minimum absolute atomic E-state index is 0.961. The maximum absolute atomic E-state index is 4.36. The Hall–Kier alpha value is -2.09. The quantitative estimate of drug-likeness (QED) is 0.599. The fraction of sp³-hybridized carbons (Fsp3) is 0.0714. The summed E-state index contributed by atoms with van der Waals surface area (Å²) in [5.74, 6) is 0.961. The molecule has 2 heterocycles. The Morgan fingerprint density at radius 2 is 2.00 bits per heavy atom. The van der Waals surface area contributed by atoms with E-state index in [0.29, 0.717) is 0 Å². The molecule has 0 N–H and O–H groups in total. The van der Waals surface area contributed by atoms with Gasteiger partial charge >= 0.3 is 0 Å². The van der Waals surface area contributed by atoms with Gasteiger partial charge in [0.1, 0.15) is 5.82 Å². The Morgan fingerprint density at radius 1 is 1.06 bits per heavy atom. The molecule has 0 fully saturated rings. The largest absolute Gasteiger partial charge is 0.301 e. The number of aromatic nitrogens is 2. The third-order valence-electron chi connectivity index (χ3n) is 2.74. The van der Waals surface area contributed by atoms with Crippen LogP contribution in [0.4, 0.5) is 0 Å². The van der Waals surface area contributed by atoms with Crippen LogP contribution in [0.25, 0.3) is 16.7 Å². The molecule has 2 nitrogen and oxygen atoms in total. The molecular weight excluding hydrogens is 196 g/mol. The van der Waals surface area contributed by atoms with Gasteiger partial charge in [-0.1, -0.05) is 18.2 Å². The minimum atomic E-state index is 0.961. The van der Waals surface area contributed by atoms with Crippen LogP contribution in [-0.4, -0.2) is 9.55 Å². The highest BCUT2D eigenvalue weighted by Gasteiger charge is 2.03. The van der Waals surface area contributed by atoms with E-state index in [1.807, 2.05) is 24.4 Å². The van der Waals surface area contributed by atoms with Crippen LogP contribution in [0.15, 0.2) is 54.9 Å². The van der Waals surface area contributed by atoms with Crippen molar-refractivity contribution in [3.8, 4) is 5.82 Å². The molecular formula is C14H12N2. The van der Waals surface area contributed by atoms with E-state index in [-0.39, 0.29) is 0 Å². The lowest BCUT2D eigenvalue weighted by Crippen LogP contribution is -1.94. The monoisotopic (exact) mass is 208 g/mol. The molecule has 0 radical (unpaired) electrons. The Morgan fingerprint density at radius 3 is 2.81 bits per heavy atom. The minimum Gasteiger partial charge on any atom is -0.301 e. The highest BCUT2D eigenvalue weighted by Crippen LogP contribution is 2.20. The van der Waals surface area contributed by atoms with E-state index in [9.17, 15) is 0 Å². The van der Waals surface area contributed by atoms with Crippen LogP contribution < -0.4 is 0 Å². The molecule has 0 bridgehead atoms. The maximum Gasteiger partial charge on any atom is 0.137 e. The van der Waals surface area contributed by atoms with Crippen LogP contribution in [0.3, 0.4) is 0 Å². The van der Waals surface area contributed by atoms with Crippen LogP contribution in [-0.2, 0) is 0 Å². The summed E-state index contributed by atoms with van der Waals surface area (Å²) >= 11 is 0. The van der Waals surface area contributed by atoms with Crippen LogP contribution in [0.1, 0.15) is 5.56 Å². The van der Waals surface area contributed by atoms with E-state index in [2.05, 4.69) is 46.9 Å². The van der Waals surface area contributed by atoms with Crippen LogP contribution in [0.2, 0.25) is 0 Å². The summed E-state index contributed by atoms with van der Waals surface area (Å²) in [6.45, 7) is 2.11. The Kier molecular flexibility index (Phi) is 2.00. The molecule has 0 saturated heterocycles. The molecule has 0 aliphatic rings. The summed E-state index contributed by atoms with van der Waals surface area (Å²) in [5, 5.41) is 1.25. The van der Waals surface area contributed by atoms with Crippen molar-refractivity contribution in [3.05, 3.63) is 60.4 Å². The summed E-state index contributed by atoms with van der Waals surface area (Å²) in [6.07, 6.45) is 3.88. The zero-order valence-electron chi connectivity index (χ0n) is 9.09. The Balaban J connectivity index is 2.29. The van der Waals surface area contributed by atoms with Gasteiger partial charge in [0.05, 0.1) is 5.52 Å². The lowest BCUT2D eigenvalue weighted by Gasteiger charge is -2.04. The molecule has 0 amide bonds. The number of hydrogen-bond acceptors (Lipinski definition) is 1. The van der Waals surface area contributed by atoms with Crippen LogP contribution in [0.5, 0.6) is 0 Å². The molecule has 0 saturated carbocycles.